The summed E-state index contributed by atoms with van der Waals surface area (Å²) < 4.78 is 37.9. The van der Waals surface area contributed by atoms with Gasteiger partial charge in [0.25, 0.3) is 0 Å². The molecule has 2 aromatic rings. The van der Waals surface area contributed by atoms with Crippen molar-refractivity contribution in [2.24, 2.45) is 0 Å². The molecule has 0 aliphatic carbocycles. The Balaban J connectivity index is 2.14. The highest BCUT2D eigenvalue weighted by Crippen LogP contribution is 2.21. The van der Waals surface area contributed by atoms with Gasteiger partial charge < -0.3 is 9.47 Å². The number of aryl methyl sites for hydroxylation is 1. The van der Waals surface area contributed by atoms with Gasteiger partial charge in [-0.1, -0.05) is 17.7 Å². The second-order valence-electron chi connectivity index (χ2n) is 5.04. The van der Waals surface area contributed by atoms with Gasteiger partial charge in [0.1, 0.15) is 11.5 Å². The van der Waals surface area contributed by atoms with Crippen molar-refractivity contribution in [3.63, 3.8) is 0 Å². The second-order valence-corrected chi connectivity index (χ2v) is 6.81. The van der Waals surface area contributed by atoms with Gasteiger partial charge in [-0.3, -0.25) is 0 Å². The first-order valence-electron chi connectivity index (χ1n) is 7.32. The average molecular weight is 335 g/mol. The molecule has 0 fully saturated rings. The van der Waals surface area contributed by atoms with Crippen LogP contribution in [0.1, 0.15) is 18.1 Å². The van der Waals surface area contributed by atoms with E-state index in [-0.39, 0.29) is 11.4 Å². The Morgan fingerprint density at radius 3 is 2.39 bits per heavy atom. The topological polar surface area (TPSA) is 64.6 Å². The van der Waals surface area contributed by atoms with E-state index in [1.165, 1.54) is 12.1 Å². The maximum absolute atomic E-state index is 12.4. The largest absolute Gasteiger partial charge is 0.496 e. The molecular formula is C17H21NO4S. The molecule has 0 heterocycles. The van der Waals surface area contributed by atoms with Gasteiger partial charge in [0.15, 0.2) is 0 Å². The van der Waals surface area contributed by atoms with Crippen LogP contribution >= 0.6 is 0 Å². The Morgan fingerprint density at radius 1 is 1.09 bits per heavy atom. The molecule has 124 valence electrons. The zero-order chi connectivity index (χ0) is 16.9. The molecule has 0 atom stereocenters. The zero-order valence-electron chi connectivity index (χ0n) is 13.5. The summed E-state index contributed by atoms with van der Waals surface area (Å²) in [6.07, 6.45) is 0. The number of hydrogen-bond acceptors (Lipinski definition) is 4. The van der Waals surface area contributed by atoms with Crippen LogP contribution in [0.2, 0.25) is 0 Å². The third kappa shape index (κ3) is 4.46. The van der Waals surface area contributed by atoms with E-state index in [0.717, 1.165) is 11.1 Å². The normalized spacial score (nSPS) is 11.3. The molecule has 6 heteroatoms. The van der Waals surface area contributed by atoms with Crippen molar-refractivity contribution < 1.29 is 17.9 Å². The highest BCUT2D eigenvalue weighted by Gasteiger charge is 2.15. The van der Waals surface area contributed by atoms with Crippen LogP contribution in [0.5, 0.6) is 11.5 Å². The van der Waals surface area contributed by atoms with Gasteiger partial charge in [-0.25, -0.2) is 13.1 Å². The Hall–Kier alpha value is -2.05. The van der Waals surface area contributed by atoms with Crippen LogP contribution in [0.15, 0.2) is 47.4 Å². The minimum absolute atomic E-state index is 0.167. The second kappa shape index (κ2) is 7.48. The molecule has 0 amide bonds. The highest BCUT2D eigenvalue weighted by molar-refractivity contribution is 7.89. The summed E-state index contributed by atoms with van der Waals surface area (Å²) in [6, 6.07) is 12.0. The van der Waals surface area contributed by atoms with Gasteiger partial charge in [0, 0.05) is 12.1 Å². The summed E-state index contributed by atoms with van der Waals surface area (Å²) in [4.78, 5) is 0.201. The van der Waals surface area contributed by atoms with Crippen LogP contribution in [0.4, 0.5) is 0 Å². The number of sulfonamides is 1. The molecule has 1 N–H and O–H groups in total. The van der Waals surface area contributed by atoms with Crippen molar-refractivity contribution in [1.29, 1.82) is 0 Å². The third-order valence-electron chi connectivity index (χ3n) is 3.33. The first-order valence-corrected chi connectivity index (χ1v) is 8.80. The van der Waals surface area contributed by atoms with Crippen LogP contribution in [0, 0.1) is 6.92 Å². The highest BCUT2D eigenvalue weighted by atomic mass is 32.2. The Kier molecular flexibility index (Phi) is 5.63. The monoisotopic (exact) mass is 335 g/mol. The minimum Gasteiger partial charge on any atom is -0.496 e. The lowest BCUT2D eigenvalue weighted by atomic mass is 10.1. The molecule has 0 spiro atoms. The number of nitrogens with one attached hydrogen (secondary N) is 1. The molecule has 2 aromatic carbocycles. The van der Waals surface area contributed by atoms with Crippen LogP contribution in [-0.4, -0.2) is 22.1 Å². The average Bonchev–Trinajstić information content (AvgIpc) is 2.54. The maximum Gasteiger partial charge on any atom is 0.240 e. The molecule has 0 radical (unpaired) electrons. The fourth-order valence-electron chi connectivity index (χ4n) is 2.18. The first-order chi connectivity index (χ1) is 11.0. The number of ether oxygens (including phenoxy) is 2. The molecule has 0 aliphatic rings. The molecule has 2 rings (SSSR count). The van der Waals surface area contributed by atoms with Crippen LogP contribution < -0.4 is 14.2 Å². The molecule has 0 aromatic heterocycles. The van der Waals surface area contributed by atoms with Crippen molar-refractivity contribution in [3.8, 4) is 11.5 Å². The van der Waals surface area contributed by atoms with Crippen LogP contribution in [0.3, 0.4) is 0 Å². The van der Waals surface area contributed by atoms with E-state index in [1.54, 1.807) is 19.2 Å². The SMILES string of the molecule is CCOc1ccc(S(=O)(=O)NCc2cc(C)ccc2OC)cc1. The number of methoxy groups -OCH3 is 1. The molecular weight excluding hydrogens is 314 g/mol. The summed E-state index contributed by atoms with van der Waals surface area (Å²) >= 11 is 0. The summed E-state index contributed by atoms with van der Waals surface area (Å²) in [7, 11) is -2.02. The lowest BCUT2D eigenvalue weighted by Gasteiger charge is -2.11. The predicted octanol–water partition coefficient (Wildman–Crippen LogP) is 2.88. The summed E-state index contributed by atoms with van der Waals surface area (Å²) in [5.74, 6) is 1.30. The summed E-state index contributed by atoms with van der Waals surface area (Å²) in [5, 5.41) is 0. The standard InChI is InChI=1S/C17H21NO4S/c1-4-22-15-6-8-16(9-7-15)23(19,20)18-12-14-11-13(2)5-10-17(14)21-3/h5-11,18H,4,12H2,1-3H3. The van der Waals surface area contributed by atoms with Crippen molar-refractivity contribution in [3.05, 3.63) is 53.6 Å². The third-order valence-corrected chi connectivity index (χ3v) is 4.75. The van der Waals surface area contributed by atoms with Crippen LogP contribution in [0.25, 0.3) is 0 Å². The zero-order valence-corrected chi connectivity index (χ0v) is 14.3. The van der Waals surface area contributed by atoms with Crippen molar-refractivity contribution in [2.45, 2.75) is 25.3 Å². The van der Waals surface area contributed by atoms with Gasteiger partial charge in [0.05, 0.1) is 18.6 Å². The van der Waals surface area contributed by atoms with Gasteiger partial charge in [0.2, 0.25) is 10.0 Å². The lowest BCUT2D eigenvalue weighted by Crippen LogP contribution is -2.23. The molecule has 0 saturated carbocycles. The fraction of sp³-hybridized carbons (Fsp3) is 0.294. The van der Waals surface area contributed by atoms with Gasteiger partial charge >= 0.3 is 0 Å². The van der Waals surface area contributed by atoms with E-state index in [1.807, 2.05) is 32.0 Å². The summed E-state index contributed by atoms with van der Waals surface area (Å²) in [5.41, 5.74) is 1.84. The maximum atomic E-state index is 12.4. The fourth-order valence-corrected chi connectivity index (χ4v) is 3.19. The smallest absolute Gasteiger partial charge is 0.240 e. The molecule has 0 aliphatic heterocycles. The van der Waals surface area contributed by atoms with Gasteiger partial charge in [-0.2, -0.15) is 0 Å². The van der Waals surface area contributed by atoms with Crippen LogP contribution in [-0.2, 0) is 16.6 Å². The van der Waals surface area contributed by atoms with E-state index in [0.29, 0.717) is 18.1 Å². The number of hydrogen-bond donors (Lipinski definition) is 1. The quantitative estimate of drug-likeness (QED) is 0.845. The molecule has 5 nitrogen and oxygen atoms in total. The number of benzene rings is 2. The Morgan fingerprint density at radius 2 is 1.78 bits per heavy atom. The molecule has 0 saturated heterocycles. The van der Waals surface area contributed by atoms with Gasteiger partial charge in [-0.15, -0.1) is 0 Å². The van der Waals surface area contributed by atoms with E-state index in [9.17, 15) is 8.42 Å². The Labute approximate surface area is 137 Å². The Bertz CT molecular complexity index is 755. The molecule has 0 unspecified atom stereocenters. The van der Waals surface area contributed by atoms with Crippen molar-refractivity contribution in [2.75, 3.05) is 13.7 Å². The predicted molar refractivity (Wildman–Crippen MR) is 89.4 cm³/mol. The van der Waals surface area contributed by atoms with Crippen molar-refractivity contribution >= 4 is 10.0 Å². The van der Waals surface area contributed by atoms with E-state index in [4.69, 9.17) is 9.47 Å². The molecule has 0 bridgehead atoms. The summed E-state index contributed by atoms with van der Waals surface area (Å²) in [6.45, 7) is 4.53. The van der Waals surface area contributed by atoms with Gasteiger partial charge in [-0.05, 0) is 44.2 Å². The molecule has 23 heavy (non-hydrogen) atoms. The number of rotatable bonds is 7. The van der Waals surface area contributed by atoms with E-state index < -0.39 is 10.0 Å². The van der Waals surface area contributed by atoms with E-state index in [2.05, 4.69) is 4.72 Å². The lowest BCUT2D eigenvalue weighted by molar-refractivity contribution is 0.340. The minimum atomic E-state index is -3.59. The van der Waals surface area contributed by atoms with Crippen molar-refractivity contribution in [1.82, 2.24) is 4.72 Å². The van der Waals surface area contributed by atoms with E-state index >= 15 is 0 Å². The first kappa shape index (κ1) is 17.3.